The molecule has 0 aliphatic rings. The number of nitrogens with zero attached hydrogens (tertiary/aromatic N) is 1. The van der Waals surface area contributed by atoms with Crippen molar-refractivity contribution in [3.63, 3.8) is 0 Å². The number of quaternary nitrogens is 1. The number of hydrogen-bond donors (Lipinski definition) is 0. The summed E-state index contributed by atoms with van der Waals surface area (Å²) in [4.78, 5) is 25.2. The maximum atomic E-state index is 12.7. The van der Waals surface area contributed by atoms with Gasteiger partial charge in [0, 0.05) is 13.0 Å². The minimum atomic E-state index is -4.52. The Morgan fingerprint density at radius 1 is 0.492 bits per heavy atom. The first-order valence-corrected chi connectivity index (χ1v) is 27.9. The normalized spacial score (nSPS) is 13.6. The average Bonchev–Trinajstić information content (AvgIpc) is 3.22. The third-order valence-corrected chi connectivity index (χ3v) is 12.8. The molecular formula is C52H104NO7P. The summed E-state index contributed by atoms with van der Waals surface area (Å²) in [5.74, 6) is -0.329. The lowest BCUT2D eigenvalue weighted by molar-refractivity contribution is -0.870. The fourth-order valence-electron chi connectivity index (χ4n) is 7.72. The number of unbranched alkanes of at least 4 members (excludes halogenated alkanes) is 34. The lowest BCUT2D eigenvalue weighted by Gasteiger charge is -2.28. The van der Waals surface area contributed by atoms with Gasteiger partial charge in [0.05, 0.1) is 34.4 Å². The second-order valence-electron chi connectivity index (χ2n) is 19.2. The van der Waals surface area contributed by atoms with Crippen LogP contribution in [-0.4, -0.2) is 70.7 Å². The highest BCUT2D eigenvalue weighted by atomic mass is 31.2. The number of phosphoric acid groups is 1. The van der Waals surface area contributed by atoms with Crippen molar-refractivity contribution in [2.24, 2.45) is 0 Å². The number of phosphoric ester groups is 1. The Bertz CT molecular complexity index is 987. The van der Waals surface area contributed by atoms with Crippen LogP contribution in [0, 0.1) is 0 Å². The molecule has 0 heterocycles. The van der Waals surface area contributed by atoms with Gasteiger partial charge < -0.3 is 27.9 Å². The van der Waals surface area contributed by atoms with E-state index in [0.29, 0.717) is 24.1 Å². The van der Waals surface area contributed by atoms with Gasteiger partial charge in [-0.3, -0.25) is 9.36 Å². The van der Waals surface area contributed by atoms with Gasteiger partial charge in [-0.15, -0.1) is 0 Å². The SMILES string of the molecule is CCCCCC/C=C\CCCCCCCCOCC(COP(=O)([O-])OCC[N+](C)(C)C)OC(=O)CCCCCCCCCCCCCCCCCCCCCCCCCCC. The molecule has 0 bridgehead atoms. The number of allylic oxidation sites excluding steroid dienone is 2. The van der Waals surface area contributed by atoms with E-state index in [1.807, 2.05) is 21.1 Å². The van der Waals surface area contributed by atoms with Crippen molar-refractivity contribution >= 4 is 13.8 Å². The Hall–Kier alpha value is -0.760. The van der Waals surface area contributed by atoms with E-state index in [2.05, 4.69) is 26.0 Å². The quantitative estimate of drug-likeness (QED) is 0.0197. The smallest absolute Gasteiger partial charge is 0.306 e. The molecule has 0 aromatic rings. The fourth-order valence-corrected chi connectivity index (χ4v) is 8.45. The van der Waals surface area contributed by atoms with E-state index in [4.69, 9.17) is 18.5 Å². The minimum Gasteiger partial charge on any atom is -0.756 e. The number of likely N-dealkylation sites (N-methyl/N-ethyl adjacent to an activating group) is 1. The number of hydrogen-bond acceptors (Lipinski definition) is 7. The highest BCUT2D eigenvalue weighted by molar-refractivity contribution is 7.45. The zero-order chi connectivity index (χ0) is 44.8. The van der Waals surface area contributed by atoms with Crippen LogP contribution in [0.1, 0.15) is 258 Å². The van der Waals surface area contributed by atoms with Crippen LogP contribution >= 0.6 is 7.82 Å². The molecule has 0 amide bonds. The van der Waals surface area contributed by atoms with Crippen LogP contribution in [0.3, 0.4) is 0 Å². The Labute approximate surface area is 380 Å². The monoisotopic (exact) mass is 886 g/mol. The van der Waals surface area contributed by atoms with Crippen LogP contribution < -0.4 is 4.89 Å². The molecule has 0 aromatic heterocycles. The van der Waals surface area contributed by atoms with Crippen LogP contribution in [0.15, 0.2) is 12.2 Å². The van der Waals surface area contributed by atoms with Crippen LogP contribution in [0.5, 0.6) is 0 Å². The molecule has 0 aliphatic carbocycles. The van der Waals surface area contributed by atoms with E-state index in [9.17, 15) is 14.3 Å². The van der Waals surface area contributed by atoms with Crippen LogP contribution in [0.25, 0.3) is 0 Å². The zero-order valence-corrected chi connectivity index (χ0v) is 42.3. The molecule has 0 saturated carbocycles. The van der Waals surface area contributed by atoms with E-state index < -0.39 is 13.9 Å². The lowest BCUT2D eigenvalue weighted by atomic mass is 10.0. The highest BCUT2D eigenvalue weighted by Gasteiger charge is 2.20. The maximum Gasteiger partial charge on any atom is 0.306 e. The third-order valence-electron chi connectivity index (χ3n) is 11.8. The molecule has 0 spiro atoms. The summed E-state index contributed by atoms with van der Waals surface area (Å²) < 4.78 is 34.7. The summed E-state index contributed by atoms with van der Waals surface area (Å²) in [6.07, 6.45) is 52.4. The van der Waals surface area contributed by atoms with Crippen molar-refractivity contribution in [3.05, 3.63) is 12.2 Å². The van der Waals surface area contributed by atoms with Gasteiger partial charge in [0.2, 0.25) is 0 Å². The molecule has 364 valence electrons. The summed E-state index contributed by atoms with van der Waals surface area (Å²) in [6.45, 7) is 5.44. The molecule has 0 saturated heterocycles. The number of ether oxygens (including phenoxy) is 2. The van der Waals surface area contributed by atoms with E-state index in [-0.39, 0.29) is 25.8 Å². The Balaban J connectivity index is 4.02. The average molecular weight is 886 g/mol. The summed E-state index contributed by atoms with van der Waals surface area (Å²) in [6, 6.07) is 0. The zero-order valence-electron chi connectivity index (χ0n) is 41.4. The number of carbonyl (C=O) groups excluding carboxylic acids is 1. The number of esters is 1. The molecule has 0 aliphatic heterocycles. The molecule has 8 nitrogen and oxygen atoms in total. The van der Waals surface area contributed by atoms with Gasteiger partial charge in [0.1, 0.15) is 19.3 Å². The first-order valence-electron chi connectivity index (χ1n) is 26.4. The van der Waals surface area contributed by atoms with Gasteiger partial charge in [-0.1, -0.05) is 225 Å². The van der Waals surface area contributed by atoms with E-state index in [1.54, 1.807) is 0 Å². The van der Waals surface area contributed by atoms with Crippen molar-refractivity contribution in [3.8, 4) is 0 Å². The Kier molecular flexibility index (Phi) is 45.2. The molecule has 61 heavy (non-hydrogen) atoms. The third kappa shape index (κ3) is 50.1. The fraction of sp³-hybridized carbons (Fsp3) is 0.942. The predicted molar refractivity (Wildman–Crippen MR) is 259 cm³/mol. The Morgan fingerprint density at radius 3 is 1.26 bits per heavy atom. The van der Waals surface area contributed by atoms with Crippen LogP contribution in [0.4, 0.5) is 0 Å². The topological polar surface area (TPSA) is 94.1 Å². The van der Waals surface area contributed by atoms with Gasteiger partial charge in [0.25, 0.3) is 7.82 Å². The number of rotatable bonds is 50. The standard InChI is InChI=1S/C52H104NO7P/c1-6-8-10-12-14-16-18-20-22-23-24-25-26-27-28-29-30-31-32-33-35-37-39-41-43-45-52(54)60-51(50-59-61(55,56)58-48-46-53(3,4)5)49-57-47-44-42-40-38-36-34-21-19-17-15-13-11-9-7-2/h17,19,51H,6-16,18,20-50H2,1-5H3/b19-17-. The maximum absolute atomic E-state index is 12.7. The van der Waals surface area contributed by atoms with Gasteiger partial charge in [-0.2, -0.15) is 0 Å². The van der Waals surface area contributed by atoms with Gasteiger partial charge >= 0.3 is 5.97 Å². The summed E-state index contributed by atoms with van der Waals surface area (Å²) in [5.41, 5.74) is 0. The molecule has 0 radical (unpaired) electrons. The summed E-state index contributed by atoms with van der Waals surface area (Å²) >= 11 is 0. The van der Waals surface area contributed by atoms with Crippen molar-refractivity contribution in [1.82, 2.24) is 0 Å². The van der Waals surface area contributed by atoms with Gasteiger partial charge in [0.15, 0.2) is 0 Å². The van der Waals surface area contributed by atoms with E-state index in [0.717, 1.165) is 32.1 Å². The van der Waals surface area contributed by atoms with Gasteiger partial charge in [-0.05, 0) is 38.5 Å². The molecule has 0 aromatic carbocycles. The largest absolute Gasteiger partial charge is 0.756 e. The predicted octanol–water partition coefficient (Wildman–Crippen LogP) is 15.5. The molecule has 0 rings (SSSR count). The Morgan fingerprint density at radius 2 is 0.852 bits per heavy atom. The summed E-state index contributed by atoms with van der Waals surface area (Å²) in [7, 11) is 1.37. The van der Waals surface area contributed by atoms with Crippen LogP contribution in [0.2, 0.25) is 0 Å². The van der Waals surface area contributed by atoms with Crippen LogP contribution in [-0.2, 0) is 27.9 Å². The van der Waals surface area contributed by atoms with Crippen molar-refractivity contribution in [2.45, 2.75) is 264 Å². The molecular weight excluding hydrogens is 782 g/mol. The molecule has 2 unspecified atom stereocenters. The molecule has 0 fully saturated rings. The van der Waals surface area contributed by atoms with Crippen molar-refractivity contribution in [2.75, 3.05) is 54.1 Å². The molecule has 2 atom stereocenters. The molecule has 9 heteroatoms. The van der Waals surface area contributed by atoms with Gasteiger partial charge in [-0.25, -0.2) is 0 Å². The molecule has 0 N–H and O–H groups in total. The van der Waals surface area contributed by atoms with E-state index in [1.165, 1.54) is 205 Å². The van der Waals surface area contributed by atoms with Crippen molar-refractivity contribution < 1.29 is 37.3 Å². The summed E-state index contributed by atoms with van der Waals surface area (Å²) in [5, 5.41) is 0. The lowest BCUT2D eigenvalue weighted by Crippen LogP contribution is -2.37. The minimum absolute atomic E-state index is 0.0284. The highest BCUT2D eigenvalue weighted by Crippen LogP contribution is 2.38. The second-order valence-corrected chi connectivity index (χ2v) is 20.7. The van der Waals surface area contributed by atoms with E-state index >= 15 is 0 Å². The first kappa shape index (κ1) is 60.2. The van der Waals surface area contributed by atoms with Crippen molar-refractivity contribution in [1.29, 1.82) is 0 Å². The second kappa shape index (κ2) is 45.8. The first-order chi connectivity index (χ1) is 29.6. The number of carbonyl (C=O) groups is 1.